The van der Waals surface area contributed by atoms with Crippen molar-refractivity contribution in [1.29, 1.82) is 0 Å². The zero-order valence-corrected chi connectivity index (χ0v) is 12.7. The third kappa shape index (κ3) is 5.47. The maximum Gasteiger partial charge on any atom is 0.401 e. The molecule has 0 aromatic rings. The second-order valence-corrected chi connectivity index (χ2v) is 5.80. The molecule has 21 heavy (non-hydrogen) atoms. The summed E-state index contributed by atoms with van der Waals surface area (Å²) in [5.74, 6) is -1.11. The first-order valence-corrected chi connectivity index (χ1v) is 7.52. The fraction of sp³-hybridized carbons (Fsp3) is 0.929. The van der Waals surface area contributed by atoms with Crippen molar-refractivity contribution < 1.29 is 23.1 Å². The van der Waals surface area contributed by atoms with Crippen molar-refractivity contribution in [2.24, 2.45) is 5.92 Å². The molecule has 1 aliphatic carbocycles. The minimum atomic E-state index is -4.31. The lowest BCUT2D eigenvalue weighted by Gasteiger charge is -2.36. The van der Waals surface area contributed by atoms with Crippen molar-refractivity contribution in [1.82, 2.24) is 10.2 Å². The van der Waals surface area contributed by atoms with E-state index in [2.05, 4.69) is 5.32 Å². The number of rotatable bonds is 10. The normalized spacial score (nSPS) is 18.8. The molecular formula is C14H25F3N2O2. The van der Waals surface area contributed by atoms with Crippen LogP contribution < -0.4 is 5.32 Å². The number of carboxylic acids is 1. The monoisotopic (exact) mass is 310 g/mol. The molecule has 7 heteroatoms. The van der Waals surface area contributed by atoms with Crippen LogP contribution in [0.25, 0.3) is 0 Å². The molecule has 0 aromatic carbocycles. The lowest BCUT2D eigenvalue weighted by atomic mass is 9.91. The summed E-state index contributed by atoms with van der Waals surface area (Å²) in [6.07, 6.45) is -1.49. The van der Waals surface area contributed by atoms with E-state index in [0.29, 0.717) is 13.0 Å². The molecular weight excluding hydrogens is 285 g/mol. The Morgan fingerprint density at radius 2 is 1.86 bits per heavy atom. The van der Waals surface area contributed by atoms with Crippen LogP contribution in [0.15, 0.2) is 0 Å². The van der Waals surface area contributed by atoms with E-state index in [1.165, 1.54) is 4.90 Å². The first-order valence-electron chi connectivity index (χ1n) is 7.52. The highest BCUT2D eigenvalue weighted by Crippen LogP contribution is 2.41. The average Bonchev–Trinajstić information content (AvgIpc) is 3.16. The minimum absolute atomic E-state index is 0.0749. The summed E-state index contributed by atoms with van der Waals surface area (Å²) in [6.45, 7) is 3.29. The molecule has 0 aliphatic heterocycles. The van der Waals surface area contributed by atoms with E-state index in [4.69, 9.17) is 0 Å². The maximum absolute atomic E-state index is 12.7. The van der Waals surface area contributed by atoms with Crippen molar-refractivity contribution in [3.8, 4) is 0 Å². The summed E-state index contributed by atoms with van der Waals surface area (Å²) >= 11 is 0. The molecule has 0 saturated heterocycles. The van der Waals surface area contributed by atoms with E-state index in [1.54, 1.807) is 6.92 Å². The highest BCUT2D eigenvalue weighted by atomic mass is 19.4. The summed E-state index contributed by atoms with van der Waals surface area (Å²) < 4.78 is 38.0. The number of carboxylic acid groups (broad SMARTS) is 1. The SMILES string of the molecule is CCCNC(CN(CCC)CC(F)(F)F)(C(=O)O)C1CC1. The Kier molecular flexibility index (Phi) is 6.46. The van der Waals surface area contributed by atoms with Gasteiger partial charge in [-0.15, -0.1) is 0 Å². The molecule has 0 bridgehead atoms. The van der Waals surface area contributed by atoms with Crippen molar-refractivity contribution in [2.45, 2.75) is 51.2 Å². The number of carbonyl (C=O) groups is 1. The van der Waals surface area contributed by atoms with Gasteiger partial charge in [0.1, 0.15) is 5.54 Å². The van der Waals surface area contributed by atoms with Gasteiger partial charge in [-0.3, -0.25) is 9.69 Å². The lowest BCUT2D eigenvalue weighted by Crippen LogP contribution is -2.61. The van der Waals surface area contributed by atoms with E-state index in [9.17, 15) is 23.1 Å². The molecule has 124 valence electrons. The van der Waals surface area contributed by atoms with Gasteiger partial charge in [-0.05, 0) is 44.7 Å². The van der Waals surface area contributed by atoms with Crippen molar-refractivity contribution in [3.05, 3.63) is 0 Å². The van der Waals surface area contributed by atoms with Crippen molar-refractivity contribution in [3.63, 3.8) is 0 Å². The second kappa shape index (κ2) is 7.45. The molecule has 0 radical (unpaired) electrons. The van der Waals surface area contributed by atoms with Crippen LogP contribution >= 0.6 is 0 Å². The molecule has 1 atom stereocenters. The molecule has 1 unspecified atom stereocenters. The van der Waals surface area contributed by atoms with Crippen LogP contribution in [0.3, 0.4) is 0 Å². The average molecular weight is 310 g/mol. The highest BCUT2D eigenvalue weighted by molar-refractivity contribution is 5.80. The van der Waals surface area contributed by atoms with Gasteiger partial charge in [-0.25, -0.2) is 0 Å². The van der Waals surface area contributed by atoms with Crippen LogP contribution in [0.4, 0.5) is 13.2 Å². The quantitative estimate of drug-likeness (QED) is 0.651. The van der Waals surface area contributed by atoms with E-state index < -0.39 is 24.2 Å². The number of halogens is 3. The van der Waals surface area contributed by atoms with Gasteiger partial charge in [0.25, 0.3) is 0 Å². The van der Waals surface area contributed by atoms with E-state index in [0.717, 1.165) is 19.3 Å². The Balaban J connectivity index is 2.87. The van der Waals surface area contributed by atoms with Gasteiger partial charge in [-0.1, -0.05) is 13.8 Å². The maximum atomic E-state index is 12.7. The van der Waals surface area contributed by atoms with Gasteiger partial charge in [0.15, 0.2) is 0 Å². The fourth-order valence-electron chi connectivity index (χ4n) is 2.71. The Morgan fingerprint density at radius 3 is 2.24 bits per heavy atom. The zero-order valence-electron chi connectivity index (χ0n) is 12.7. The summed E-state index contributed by atoms with van der Waals surface area (Å²) in [5, 5.41) is 12.6. The van der Waals surface area contributed by atoms with Gasteiger partial charge in [-0.2, -0.15) is 13.2 Å². The summed E-state index contributed by atoms with van der Waals surface area (Å²) in [6, 6.07) is 0. The van der Waals surface area contributed by atoms with Crippen LogP contribution in [-0.4, -0.2) is 53.9 Å². The van der Waals surface area contributed by atoms with E-state index >= 15 is 0 Å². The number of aliphatic carboxylic acids is 1. The molecule has 1 fully saturated rings. The lowest BCUT2D eigenvalue weighted by molar-refractivity contribution is -0.157. The molecule has 0 aromatic heterocycles. The molecule has 1 saturated carbocycles. The van der Waals surface area contributed by atoms with Gasteiger partial charge in [0, 0.05) is 6.54 Å². The highest BCUT2D eigenvalue weighted by Gasteiger charge is 2.52. The molecule has 0 spiro atoms. The third-order valence-corrected chi connectivity index (χ3v) is 3.76. The van der Waals surface area contributed by atoms with Gasteiger partial charge >= 0.3 is 12.1 Å². The van der Waals surface area contributed by atoms with E-state index in [-0.39, 0.29) is 19.0 Å². The van der Waals surface area contributed by atoms with Crippen LogP contribution in [0.5, 0.6) is 0 Å². The molecule has 0 amide bonds. The number of hydrogen-bond acceptors (Lipinski definition) is 3. The first kappa shape index (κ1) is 18.2. The Labute approximate surface area is 123 Å². The Hall–Kier alpha value is -0.820. The van der Waals surface area contributed by atoms with Crippen molar-refractivity contribution in [2.75, 3.05) is 26.2 Å². The van der Waals surface area contributed by atoms with Crippen LogP contribution in [0.2, 0.25) is 0 Å². The largest absolute Gasteiger partial charge is 0.480 e. The van der Waals surface area contributed by atoms with Crippen LogP contribution in [0, 0.1) is 5.92 Å². The fourth-order valence-corrected chi connectivity index (χ4v) is 2.71. The minimum Gasteiger partial charge on any atom is -0.480 e. The second-order valence-electron chi connectivity index (χ2n) is 5.80. The van der Waals surface area contributed by atoms with Gasteiger partial charge < -0.3 is 10.4 Å². The van der Waals surface area contributed by atoms with Crippen LogP contribution in [0.1, 0.15) is 39.5 Å². The first-order chi connectivity index (χ1) is 9.75. The Morgan fingerprint density at radius 1 is 1.24 bits per heavy atom. The van der Waals surface area contributed by atoms with E-state index in [1.807, 2.05) is 6.92 Å². The summed E-state index contributed by atoms with van der Waals surface area (Å²) in [5.41, 5.74) is -1.25. The predicted octanol–water partition coefficient (Wildman–Crippen LogP) is 2.49. The number of alkyl halides is 3. The topological polar surface area (TPSA) is 52.6 Å². The molecule has 1 aliphatic rings. The molecule has 0 heterocycles. The molecule has 4 nitrogen and oxygen atoms in total. The zero-order chi connectivity index (χ0) is 16.1. The van der Waals surface area contributed by atoms with Gasteiger partial charge in [0.05, 0.1) is 6.54 Å². The molecule has 1 rings (SSSR count). The predicted molar refractivity (Wildman–Crippen MR) is 74.2 cm³/mol. The summed E-state index contributed by atoms with van der Waals surface area (Å²) in [4.78, 5) is 13.0. The number of nitrogens with zero attached hydrogens (tertiary/aromatic N) is 1. The Bertz CT molecular complexity index is 346. The smallest absolute Gasteiger partial charge is 0.401 e. The van der Waals surface area contributed by atoms with Crippen molar-refractivity contribution >= 4 is 5.97 Å². The molecule has 2 N–H and O–H groups in total. The third-order valence-electron chi connectivity index (χ3n) is 3.76. The summed E-state index contributed by atoms with van der Waals surface area (Å²) in [7, 11) is 0. The number of hydrogen-bond donors (Lipinski definition) is 2. The standard InChI is InChI=1S/C14H25F3N2O2/c1-3-7-18-13(12(20)21,11-5-6-11)9-19(8-4-2)10-14(15,16)17/h11,18H,3-10H2,1-2H3,(H,20,21). The van der Waals surface area contributed by atoms with Crippen LogP contribution in [-0.2, 0) is 4.79 Å². The van der Waals surface area contributed by atoms with Gasteiger partial charge in [0.2, 0.25) is 0 Å². The number of nitrogens with one attached hydrogen (secondary N) is 1.